The Labute approximate surface area is 238 Å². The van der Waals surface area contributed by atoms with Crippen LogP contribution in [0.4, 0.5) is 19.5 Å². The number of alkyl carbamates (subject to hydrolysis) is 1. The van der Waals surface area contributed by atoms with E-state index in [1.165, 1.54) is 44.2 Å². The first-order chi connectivity index (χ1) is 18.6. The van der Waals surface area contributed by atoms with Crippen molar-refractivity contribution in [1.29, 1.82) is 0 Å². The predicted octanol–water partition coefficient (Wildman–Crippen LogP) is 5.42. The van der Waals surface area contributed by atoms with Crippen LogP contribution < -0.4 is 25.7 Å². The van der Waals surface area contributed by atoms with E-state index in [0.717, 1.165) is 0 Å². The number of nitrogens with zero attached hydrogens (tertiary/aromatic N) is 3. The third-order valence-corrected chi connectivity index (χ3v) is 7.08. The Morgan fingerprint density at radius 2 is 1.70 bits per heavy atom. The molecule has 3 aromatic rings. The van der Waals surface area contributed by atoms with Crippen LogP contribution in [0, 0.1) is 0 Å². The molecule has 1 saturated carbocycles. The topological polar surface area (TPSA) is 117 Å². The number of ether oxygens (including phenoxy) is 3. The zero-order chi connectivity index (χ0) is 29.6. The molecule has 2 atom stereocenters. The number of hydrogen-bond acceptors (Lipinski definition) is 8. The normalized spacial score (nSPS) is 18.4. The third kappa shape index (κ3) is 6.02. The van der Waals surface area contributed by atoms with E-state index in [1.54, 1.807) is 20.8 Å². The van der Waals surface area contributed by atoms with Gasteiger partial charge in [-0.05, 0) is 26.8 Å². The average molecular weight is 600 g/mol. The number of nitrogens with one attached hydrogen (secondary N) is 2. The molecule has 0 bridgehead atoms. The van der Waals surface area contributed by atoms with E-state index in [9.17, 15) is 18.4 Å². The van der Waals surface area contributed by atoms with E-state index in [4.69, 9.17) is 37.4 Å². The van der Waals surface area contributed by atoms with Crippen molar-refractivity contribution in [3.05, 3.63) is 38.7 Å². The zero-order valence-corrected chi connectivity index (χ0v) is 24.2. The van der Waals surface area contributed by atoms with Crippen LogP contribution in [0.2, 0.25) is 10.0 Å². The zero-order valence-electron chi connectivity index (χ0n) is 22.7. The molecule has 0 saturated heterocycles. The minimum absolute atomic E-state index is 0.00746. The van der Waals surface area contributed by atoms with Gasteiger partial charge in [0.1, 0.15) is 22.7 Å². The van der Waals surface area contributed by atoms with Crippen LogP contribution in [0.1, 0.15) is 33.6 Å². The second-order valence-electron chi connectivity index (χ2n) is 10.4. The summed E-state index contributed by atoms with van der Waals surface area (Å²) < 4.78 is 45.8. The molecule has 1 aliphatic rings. The molecule has 2 heterocycles. The Kier molecular flexibility index (Phi) is 8.06. The third-order valence-electron chi connectivity index (χ3n) is 6.33. The Morgan fingerprint density at radius 1 is 1.10 bits per heavy atom. The number of amides is 1. The number of halogens is 4. The van der Waals surface area contributed by atoms with Gasteiger partial charge in [-0.1, -0.05) is 23.2 Å². The minimum Gasteiger partial charge on any atom is -0.495 e. The molecule has 40 heavy (non-hydrogen) atoms. The van der Waals surface area contributed by atoms with Gasteiger partial charge in [-0.2, -0.15) is 4.98 Å². The molecule has 2 aromatic heterocycles. The lowest BCUT2D eigenvalue weighted by Gasteiger charge is -2.25. The Bertz CT molecular complexity index is 1500. The summed E-state index contributed by atoms with van der Waals surface area (Å²) in [7, 11) is 4.35. The first kappa shape index (κ1) is 29.6. The molecule has 14 heteroatoms. The number of methoxy groups -OCH3 is 2. The second-order valence-corrected chi connectivity index (χ2v) is 11.2. The molecule has 10 nitrogen and oxygen atoms in total. The summed E-state index contributed by atoms with van der Waals surface area (Å²) in [5.41, 5.74) is -0.663. The van der Waals surface area contributed by atoms with Crippen molar-refractivity contribution in [3.8, 4) is 22.6 Å². The maximum atomic E-state index is 14.3. The summed E-state index contributed by atoms with van der Waals surface area (Å²) in [4.78, 5) is 34.4. The number of pyridine rings is 1. The van der Waals surface area contributed by atoms with E-state index >= 15 is 0 Å². The number of rotatable bonds is 6. The van der Waals surface area contributed by atoms with Gasteiger partial charge in [0.2, 0.25) is 5.95 Å². The smallest absolute Gasteiger partial charge is 0.407 e. The number of benzene rings is 1. The molecular formula is C26H29Cl2F2N5O5. The highest BCUT2D eigenvalue weighted by Crippen LogP contribution is 2.45. The monoisotopic (exact) mass is 599 g/mol. The van der Waals surface area contributed by atoms with Crippen LogP contribution in [-0.2, 0) is 11.8 Å². The maximum Gasteiger partial charge on any atom is 0.407 e. The van der Waals surface area contributed by atoms with Crippen LogP contribution in [0.15, 0.2) is 23.1 Å². The molecular weight excluding hydrogens is 571 g/mol. The van der Waals surface area contributed by atoms with Crippen LogP contribution in [-0.4, -0.2) is 58.5 Å². The van der Waals surface area contributed by atoms with Crippen LogP contribution >= 0.6 is 23.2 Å². The van der Waals surface area contributed by atoms with Crippen LogP contribution in [0.3, 0.4) is 0 Å². The standard InChI is InChI=1S/C26H29Cl2F2N5O5/c1-25(2,3)40-24(37)33-15-10-26(29,30)9-14(15)32-23-31-11-12-7-13(22(36)35(4)21(12)34-23)18-19(27)16(38-5)8-17(39-6)20(18)28/h7-8,11,14-15H,9-10H2,1-6H3,(H,33,37)(H,31,32,34). The van der Waals surface area contributed by atoms with Gasteiger partial charge in [-0.3, -0.25) is 9.36 Å². The largest absolute Gasteiger partial charge is 0.495 e. The summed E-state index contributed by atoms with van der Waals surface area (Å²) in [5.74, 6) is -2.49. The molecule has 0 radical (unpaired) electrons. The molecule has 1 aliphatic carbocycles. The maximum absolute atomic E-state index is 14.3. The highest BCUT2D eigenvalue weighted by molar-refractivity contribution is 6.41. The number of aryl methyl sites for hydroxylation is 1. The number of anilines is 1. The number of aromatic nitrogens is 3. The molecule has 1 aromatic carbocycles. The van der Waals surface area contributed by atoms with E-state index in [1.807, 2.05) is 0 Å². The molecule has 0 aliphatic heterocycles. The van der Waals surface area contributed by atoms with Gasteiger partial charge in [0.05, 0.1) is 41.9 Å². The first-order valence-corrected chi connectivity index (χ1v) is 13.0. The quantitative estimate of drug-likeness (QED) is 0.385. The van der Waals surface area contributed by atoms with E-state index in [2.05, 4.69) is 20.6 Å². The van der Waals surface area contributed by atoms with Crippen LogP contribution in [0.5, 0.6) is 11.5 Å². The molecule has 2 N–H and O–H groups in total. The summed E-state index contributed by atoms with van der Waals surface area (Å²) in [6.45, 7) is 5.03. The predicted molar refractivity (Wildman–Crippen MR) is 148 cm³/mol. The highest BCUT2D eigenvalue weighted by Gasteiger charge is 2.47. The fourth-order valence-electron chi connectivity index (χ4n) is 4.56. The van der Waals surface area contributed by atoms with E-state index in [-0.39, 0.29) is 44.3 Å². The molecule has 216 valence electrons. The van der Waals surface area contributed by atoms with Gasteiger partial charge in [0.25, 0.3) is 11.5 Å². The summed E-state index contributed by atoms with van der Waals surface area (Å²) in [5, 5.41) is 6.09. The molecule has 4 rings (SSSR count). The van der Waals surface area contributed by atoms with Crippen molar-refractivity contribution < 1.29 is 27.8 Å². The van der Waals surface area contributed by atoms with Gasteiger partial charge in [0.15, 0.2) is 0 Å². The highest BCUT2D eigenvalue weighted by atomic mass is 35.5. The lowest BCUT2D eigenvalue weighted by atomic mass is 10.0. The van der Waals surface area contributed by atoms with Crippen LogP contribution in [0.25, 0.3) is 22.2 Å². The summed E-state index contributed by atoms with van der Waals surface area (Å²) in [6.07, 6.45) is -0.495. The first-order valence-electron chi connectivity index (χ1n) is 12.2. The van der Waals surface area contributed by atoms with Gasteiger partial charge in [-0.25, -0.2) is 18.6 Å². The Balaban J connectivity index is 1.69. The van der Waals surface area contributed by atoms with Gasteiger partial charge in [0, 0.05) is 43.1 Å². The number of carbonyl (C=O) groups is 1. The lowest BCUT2D eigenvalue weighted by Crippen LogP contribution is -2.45. The SMILES string of the molecule is COc1cc(OC)c(Cl)c(-c2cc3cnc(NC4CC(F)(F)CC4NC(=O)OC(C)(C)C)nc3n(C)c2=O)c1Cl. The average Bonchev–Trinajstić information content (AvgIpc) is 3.13. The second kappa shape index (κ2) is 10.9. The van der Waals surface area contributed by atoms with Crippen molar-refractivity contribution >= 4 is 46.3 Å². The number of alkyl halides is 2. The van der Waals surface area contributed by atoms with Gasteiger partial charge < -0.3 is 24.8 Å². The van der Waals surface area contributed by atoms with Crippen molar-refractivity contribution in [1.82, 2.24) is 19.9 Å². The molecule has 1 amide bonds. The molecule has 2 unspecified atom stereocenters. The van der Waals surface area contributed by atoms with Crippen molar-refractivity contribution in [2.24, 2.45) is 7.05 Å². The number of hydrogen-bond donors (Lipinski definition) is 2. The van der Waals surface area contributed by atoms with Crippen molar-refractivity contribution in [2.75, 3.05) is 19.5 Å². The lowest BCUT2D eigenvalue weighted by molar-refractivity contribution is 0.00563. The summed E-state index contributed by atoms with van der Waals surface area (Å²) in [6, 6.07) is 1.21. The number of carbonyl (C=O) groups excluding carboxylic acids is 1. The number of fused-ring (bicyclic) bond motifs is 1. The fourth-order valence-corrected chi connectivity index (χ4v) is 5.26. The van der Waals surface area contributed by atoms with E-state index in [0.29, 0.717) is 5.39 Å². The fraction of sp³-hybridized carbons (Fsp3) is 0.462. The Morgan fingerprint density at radius 3 is 2.27 bits per heavy atom. The Hall–Kier alpha value is -3.38. The van der Waals surface area contributed by atoms with E-state index < -0.39 is 48.1 Å². The van der Waals surface area contributed by atoms with Crippen molar-refractivity contribution in [3.63, 3.8) is 0 Å². The van der Waals surface area contributed by atoms with Gasteiger partial charge in [-0.15, -0.1) is 0 Å². The molecule has 0 spiro atoms. The minimum atomic E-state index is -3.02. The van der Waals surface area contributed by atoms with Gasteiger partial charge >= 0.3 is 6.09 Å². The van der Waals surface area contributed by atoms with Crippen molar-refractivity contribution in [2.45, 2.75) is 57.2 Å². The molecule has 1 fully saturated rings. The summed E-state index contributed by atoms with van der Waals surface area (Å²) >= 11 is 13.1.